The second-order valence-electron chi connectivity index (χ2n) is 5.66. The van der Waals surface area contributed by atoms with Crippen LogP contribution in [0.5, 0.6) is 5.75 Å². The highest BCUT2D eigenvalue weighted by atomic mass is 16.5. The second-order valence-corrected chi connectivity index (χ2v) is 5.66. The smallest absolute Gasteiger partial charge is 0.309 e. The Hall–Kier alpha value is -3.15. The molecule has 0 aliphatic carbocycles. The van der Waals surface area contributed by atoms with Crippen molar-refractivity contribution in [1.82, 2.24) is 15.5 Å². The van der Waals surface area contributed by atoms with Crippen LogP contribution in [0, 0.1) is 6.92 Å². The molecule has 0 unspecified atom stereocenters. The lowest BCUT2D eigenvalue weighted by Gasteiger charge is -2.05. The highest BCUT2D eigenvalue weighted by molar-refractivity contribution is 5.89. The fourth-order valence-corrected chi connectivity index (χ4v) is 2.39. The molecular formula is C19H19N3O3. The molecule has 128 valence electrons. The molecule has 1 heterocycles. The van der Waals surface area contributed by atoms with Crippen molar-refractivity contribution in [2.75, 3.05) is 7.11 Å². The van der Waals surface area contributed by atoms with Crippen molar-refractivity contribution in [1.29, 1.82) is 0 Å². The monoisotopic (exact) mass is 337 g/mol. The van der Waals surface area contributed by atoms with Gasteiger partial charge < -0.3 is 14.5 Å². The van der Waals surface area contributed by atoms with Crippen LogP contribution in [0.2, 0.25) is 0 Å². The Morgan fingerprint density at radius 1 is 1.12 bits per heavy atom. The number of benzene rings is 2. The number of aryl methyl sites for hydroxylation is 1. The second kappa shape index (κ2) is 7.61. The Labute approximate surface area is 145 Å². The van der Waals surface area contributed by atoms with Crippen molar-refractivity contribution < 1.29 is 13.9 Å². The molecule has 1 N–H and O–H groups in total. The van der Waals surface area contributed by atoms with E-state index in [1.807, 2.05) is 55.5 Å². The van der Waals surface area contributed by atoms with Gasteiger partial charge in [-0.2, -0.15) is 0 Å². The van der Waals surface area contributed by atoms with Gasteiger partial charge in [-0.3, -0.25) is 4.79 Å². The molecule has 0 radical (unpaired) electrons. The molecule has 1 aromatic heterocycles. The van der Waals surface area contributed by atoms with Crippen LogP contribution in [-0.2, 0) is 13.0 Å². The normalized spacial score (nSPS) is 10.5. The number of rotatable bonds is 6. The maximum Gasteiger partial charge on any atom is 0.309 e. The van der Waals surface area contributed by atoms with Crippen LogP contribution in [0.3, 0.4) is 0 Å². The average Bonchev–Trinajstić information content (AvgIpc) is 3.10. The molecule has 1 amide bonds. The summed E-state index contributed by atoms with van der Waals surface area (Å²) in [5, 5.41) is 10.5. The topological polar surface area (TPSA) is 77.2 Å². The zero-order valence-electron chi connectivity index (χ0n) is 14.2. The lowest BCUT2D eigenvalue weighted by Crippen LogP contribution is -2.23. The number of carbonyl (C=O) groups excluding carboxylic acids is 1. The van der Waals surface area contributed by atoms with Gasteiger partial charge in [-0.1, -0.05) is 48.0 Å². The maximum absolute atomic E-state index is 12.1. The van der Waals surface area contributed by atoms with E-state index >= 15 is 0 Å². The number of nitrogens with one attached hydrogen (secondary N) is 1. The average molecular weight is 337 g/mol. The van der Waals surface area contributed by atoms with E-state index in [1.165, 1.54) is 5.56 Å². The fraction of sp³-hybridized carbons (Fsp3) is 0.211. The van der Waals surface area contributed by atoms with Crippen molar-refractivity contribution in [3.8, 4) is 5.75 Å². The molecule has 0 atom stereocenters. The maximum atomic E-state index is 12.1. The molecule has 0 aliphatic heterocycles. The van der Waals surface area contributed by atoms with Crippen LogP contribution >= 0.6 is 0 Å². The number of amides is 1. The Kier molecular flexibility index (Phi) is 5.09. The Morgan fingerprint density at radius 2 is 1.88 bits per heavy atom. The van der Waals surface area contributed by atoms with Gasteiger partial charge in [-0.15, -0.1) is 10.2 Å². The number of hydrogen-bond donors (Lipinski definition) is 1. The SMILES string of the molecule is COc1ccccc1Cc1nnc(C(=O)NCc2ccc(C)cc2)o1. The Bertz CT molecular complexity index is 856. The highest BCUT2D eigenvalue weighted by Gasteiger charge is 2.15. The van der Waals surface area contributed by atoms with Crippen molar-refractivity contribution in [3.63, 3.8) is 0 Å². The standard InChI is InChI=1S/C19H19N3O3/c1-13-7-9-14(10-8-13)12-20-18(23)19-22-21-17(25-19)11-15-5-3-4-6-16(15)24-2/h3-10H,11-12H2,1-2H3,(H,20,23). The molecule has 0 spiro atoms. The van der Waals surface area contributed by atoms with Crippen molar-refractivity contribution in [2.24, 2.45) is 0 Å². The van der Waals surface area contributed by atoms with E-state index < -0.39 is 0 Å². The summed E-state index contributed by atoms with van der Waals surface area (Å²) < 4.78 is 10.8. The number of para-hydroxylation sites is 1. The minimum absolute atomic E-state index is 0.0444. The summed E-state index contributed by atoms with van der Waals surface area (Å²) >= 11 is 0. The molecular weight excluding hydrogens is 318 g/mol. The predicted molar refractivity (Wildman–Crippen MR) is 92.4 cm³/mol. The zero-order chi connectivity index (χ0) is 17.6. The van der Waals surface area contributed by atoms with E-state index in [9.17, 15) is 4.79 Å². The molecule has 0 saturated carbocycles. The van der Waals surface area contributed by atoms with Gasteiger partial charge in [-0.25, -0.2) is 0 Å². The van der Waals surface area contributed by atoms with E-state index in [1.54, 1.807) is 7.11 Å². The van der Waals surface area contributed by atoms with Crippen molar-refractivity contribution in [3.05, 3.63) is 77.0 Å². The zero-order valence-corrected chi connectivity index (χ0v) is 14.2. The molecule has 0 fully saturated rings. The van der Waals surface area contributed by atoms with E-state index in [0.29, 0.717) is 18.9 Å². The van der Waals surface area contributed by atoms with Gasteiger partial charge in [0.1, 0.15) is 5.75 Å². The molecule has 3 aromatic rings. The van der Waals surface area contributed by atoms with E-state index in [0.717, 1.165) is 16.9 Å². The molecule has 0 bridgehead atoms. The first kappa shape index (κ1) is 16.7. The predicted octanol–water partition coefficient (Wildman–Crippen LogP) is 2.91. The molecule has 0 aliphatic rings. The van der Waals surface area contributed by atoms with Crippen LogP contribution < -0.4 is 10.1 Å². The Balaban J connectivity index is 1.62. The number of methoxy groups -OCH3 is 1. The van der Waals surface area contributed by atoms with Gasteiger partial charge in [0.25, 0.3) is 0 Å². The van der Waals surface area contributed by atoms with Crippen LogP contribution in [0.25, 0.3) is 0 Å². The van der Waals surface area contributed by atoms with Gasteiger partial charge >= 0.3 is 11.8 Å². The summed E-state index contributed by atoms with van der Waals surface area (Å²) in [6.07, 6.45) is 0.405. The summed E-state index contributed by atoms with van der Waals surface area (Å²) in [4.78, 5) is 12.1. The quantitative estimate of drug-likeness (QED) is 0.748. The Morgan fingerprint density at radius 3 is 2.64 bits per heavy atom. The van der Waals surface area contributed by atoms with Crippen LogP contribution in [0.4, 0.5) is 0 Å². The largest absolute Gasteiger partial charge is 0.496 e. The summed E-state index contributed by atoms with van der Waals surface area (Å²) in [6, 6.07) is 15.5. The number of hydrogen-bond acceptors (Lipinski definition) is 5. The lowest BCUT2D eigenvalue weighted by atomic mass is 10.1. The molecule has 25 heavy (non-hydrogen) atoms. The van der Waals surface area contributed by atoms with Crippen LogP contribution in [0.15, 0.2) is 52.9 Å². The van der Waals surface area contributed by atoms with Crippen LogP contribution in [-0.4, -0.2) is 23.2 Å². The van der Waals surface area contributed by atoms with E-state index in [4.69, 9.17) is 9.15 Å². The highest BCUT2D eigenvalue weighted by Crippen LogP contribution is 2.20. The first-order valence-electron chi connectivity index (χ1n) is 7.93. The van der Waals surface area contributed by atoms with E-state index in [2.05, 4.69) is 15.5 Å². The molecule has 6 nitrogen and oxygen atoms in total. The van der Waals surface area contributed by atoms with Gasteiger partial charge in [0.05, 0.1) is 13.5 Å². The van der Waals surface area contributed by atoms with Crippen molar-refractivity contribution in [2.45, 2.75) is 19.9 Å². The first-order valence-corrected chi connectivity index (χ1v) is 7.93. The van der Waals surface area contributed by atoms with Crippen LogP contribution in [0.1, 0.15) is 33.3 Å². The molecule has 6 heteroatoms. The summed E-state index contributed by atoms with van der Waals surface area (Å²) in [5.41, 5.74) is 3.10. The summed E-state index contributed by atoms with van der Waals surface area (Å²) in [6.45, 7) is 2.42. The number of aromatic nitrogens is 2. The molecule has 2 aromatic carbocycles. The fourth-order valence-electron chi connectivity index (χ4n) is 2.39. The molecule has 0 saturated heterocycles. The third-order valence-corrected chi connectivity index (χ3v) is 3.77. The van der Waals surface area contributed by atoms with Crippen molar-refractivity contribution >= 4 is 5.91 Å². The van der Waals surface area contributed by atoms with E-state index in [-0.39, 0.29) is 11.8 Å². The van der Waals surface area contributed by atoms with Gasteiger partial charge in [0.15, 0.2) is 0 Å². The number of carbonyl (C=O) groups is 1. The third kappa shape index (κ3) is 4.23. The lowest BCUT2D eigenvalue weighted by molar-refractivity contribution is 0.0914. The minimum Gasteiger partial charge on any atom is -0.496 e. The first-order chi connectivity index (χ1) is 12.2. The molecule has 3 rings (SSSR count). The van der Waals surface area contributed by atoms with Gasteiger partial charge in [0.2, 0.25) is 5.89 Å². The number of ether oxygens (including phenoxy) is 1. The number of nitrogens with zero attached hydrogens (tertiary/aromatic N) is 2. The minimum atomic E-state index is -0.389. The third-order valence-electron chi connectivity index (χ3n) is 3.77. The summed E-state index contributed by atoms with van der Waals surface area (Å²) in [5.74, 6) is 0.674. The van der Waals surface area contributed by atoms with Gasteiger partial charge in [0, 0.05) is 12.1 Å². The van der Waals surface area contributed by atoms with Gasteiger partial charge in [-0.05, 0) is 18.6 Å². The summed E-state index contributed by atoms with van der Waals surface area (Å²) in [7, 11) is 1.61.